The molecular weight excluding hydrogens is 384 g/mol. The highest BCUT2D eigenvalue weighted by Crippen LogP contribution is 2.37. The third kappa shape index (κ3) is 4.23. The summed E-state index contributed by atoms with van der Waals surface area (Å²) in [5.74, 6) is 2.46. The van der Waals surface area contributed by atoms with Gasteiger partial charge in [0, 0.05) is 24.0 Å². The largest absolute Gasteiger partial charge is 0.497 e. The van der Waals surface area contributed by atoms with Crippen molar-refractivity contribution in [2.24, 2.45) is 0 Å². The minimum atomic E-state index is 0.432. The lowest BCUT2D eigenvalue weighted by molar-refractivity contribution is 0.246. The van der Waals surface area contributed by atoms with Crippen LogP contribution in [0.1, 0.15) is 30.1 Å². The summed E-state index contributed by atoms with van der Waals surface area (Å²) in [6.45, 7) is 1.95. The molecule has 0 saturated carbocycles. The maximum Gasteiger partial charge on any atom is 0.132 e. The number of hydrogen-bond donors (Lipinski definition) is 0. The maximum absolute atomic E-state index is 5.54. The van der Waals surface area contributed by atoms with E-state index in [4.69, 9.17) is 19.2 Å². The molecule has 2 aromatic carbocycles. The topological polar surface area (TPSA) is 43.8 Å². The molecule has 1 aliphatic heterocycles. The summed E-state index contributed by atoms with van der Waals surface area (Å²) >= 11 is 1.66. The van der Waals surface area contributed by atoms with E-state index in [0.29, 0.717) is 6.04 Å². The zero-order chi connectivity index (χ0) is 20.2. The molecule has 0 aliphatic carbocycles. The average Bonchev–Trinajstić information content (AvgIpc) is 3.43. The monoisotopic (exact) mass is 410 g/mol. The fraction of sp³-hybridized carbons (Fsp3) is 0.348. The van der Waals surface area contributed by atoms with Crippen LogP contribution in [0.5, 0.6) is 17.2 Å². The molecule has 6 heteroatoms. The molecule has 4 rings (SSSR count). The molecule has 1 aliphatic rings. The summed E-state index contributed by atoms with van der Waals surface area (Å²) in [5.41, 5.74) is 3.44. The Morgan fingerprint density at radius 1 is 1.00 bits per heavy atom. The Kier molecular flexibility index (Phi) is 6.02. The van der Waals surface area contributed by atoms with Crippen LogP contribution in [0, 0.1) is 0 Å². The van der Waals surface area contributed by atoms with Gasteiger partial charge in [-0.2, -0.15) is 0 Å². The third-order valence-corrected chi connectivity index (χ3v) is 6.34. The van der Waals surface area contributed by atoms with Gasteiger partial charge in [-0.25, -0.2) is 4.98 Å². The van der Waals surface area contributed by atoms with Crippen molar-refractivity contribution in [2.45, 2.75) is 25.4 Å². The number of nitrogens with zero attached hydrogens (tertiary/aromatic N) is 2. The minimum absolute atomic E-state index is 0.432. The molecule has 3 aromatic rings. The summed E-state index contributed by atoms with van der Waals surface area (Å²) in [6.07, 6.45) is 2.38. The van der Waals surface area contributed by atoms with E-state index in [-0.39, 0.29) is 0 Å². The van der Waals surface area contributed by atoms with Crippen molar-refractivity contribution >= 4 is 11.3 Å². The average molecular weight is 411 g/mol. The molecule has 5 nitrogen and oxygen atoms in total. The minimum Gasteiger partial charge on any atom is -0.497 e. The lowest BCUT2D eigenvalue weighted by Crippen LogP contribution is -2.22. The Balaban J connectivity index is 1.51. The molecule has 29 heavy (non-hydrogen) atoms. The van der Waals surface area contributed by atoms with Gasteiger partial charge < -0.3 is 14.2 Å². The highest BCUT2D eigenvalue weighted by Gasteiger charge is 2.26. The molecule has 1 fully saturated rings. The van der Waals surface area contributed by atoms with Crippen LogP contribution in [-0.2, 0) is 6.54 Å². The van der Waals surface area contributed by atoms with Crippen LogP contribution in [0.3, 0.4) is 0 Å². The zero-order valence-electron chi connectivity index (χ0n) is 17.1. The van der Waals surface area contributed by atoms with Crippen LogP contribution < -0.4 is 14.2 Å². The molecule has 1 saturated heterocycles. The molecule has 1 aromatic heterocycles. The van der Waals surface area contributed by atoms with E-state index in [1.807, 2.05) is 30.3 Å². The van der Waals surface area contributed by atoms with E-state index in [0.717, 1.165) is 46.6 Å². The lowest BCUT2D eigenvalue weighted by atomic mass is 10.0. The quantitative estimate of drug-likeness (QED) is 0.537. The summed E-state index contributed by atoms with van der Waals surface area (Å²) in [7, 11) is 5.04. The first-order chi connectivity index (χ1) is 14.2. The van der Waals surface area contributed by atoms with Gasteiger partial charge in [0.25, 0.3) is 0 Å². The van der Waals surface area contributed by atoms with E-state index in [9.17, 15) is 0 Å². The van der Waals surface area contributed by atoms with Crippen molar-refractivity contribution in [3.05, 3.63) is 59.1 Å². The molecule has 0 bridgehead atoms. The van der Waals surface area contributed by atoms with E-state index >= 15 is 0 Å². The van der Waals surface area contributed by atoms with Gasteiger partial charge in [-0.15, -0.1) is 11.3 Å². The van der Waals surface area contributed by atoms with Crippen molar-refractivity contribution in [2.75, 3.05) is 27.9 Å². The lowest BCUT2D eigenvalue weighted by Gasteiger charge is -2.24. The number of rotatable bonds is 7. The number of hydrogen-bond acceptors (Lipinski definition) is 6. The first kappa shape index (κ1) is 19.7. The van der Waals surface area contributed by atoms with Gasteiger partial charge in [0.05, 0.1) is 32.6 Å². The predicted octanol–water partition coefficient (Wildman–Crippen LogP) is 5.17. The molecule has 0 N–H and O–H groups in total. The second kappa shape index (κ2) is 8.84. The van der Waals surface area contributed by atoms with Crippen molar-refractivity contribution < 1.29 is 14.2 Å². The zero-order valence-corrected chi connectivity index (χ0v) is 17.9. The molecule has 2 heterocycles. The Labute approximate surface area is 175 Å². The van der Waals surface area contributed by atoms with E-state index in [2.05, 4.69) is 22.4 Å². The maximum atomic E-state index is 5.54. The first-order valence-electron chi connectivity index (χ1n) is 9.76. The molecular formula is C23H26N2O3S. The van der Waals surface area contributed by atoms with Gasteiger partial charge in [0.15, 0.2) is 0 Å². The second-order valence-electron chi connectivity index (χ2n) is 7.11. The summed E-state index contributed by atoms with van der Waals surface area (Å²) in [6, 6.07) is 14.7. The SMILES string of the molecule is COc1ccc(C2CCCN2Cc2csc(-c3ccc(OC)cc3OC)n2)cc1. The van der Waals surface area contributed by atoms with Gasteiger partial charge in [0.2, 0.25) is 0 Å². The first-order valence-corrected chi connectivity index (χ1v) is 10.6. The molecule has 0 amide bonds. The second-order valence-corrected chi connectivity index (χ2v) is 7.97. The molecule has 0 radical (unpaired) electrons. The predicted molar refractivity (Wildman–Crippen MR) is 116 cm³/mol. The summed E-state index contributed by atoms with van der Waals surface area (Å²) in [4.78, 5) is 7.42. The molecule has 0 spiro atoms. The Bertz CT molecular complexity index is 955. The standard InChI is InChI=1S/C23H26N2O3S/c1-26-18-8-6-16(7-9-18)21-5-4-12-25(21)14-17-15-29-23(24-17)20-11-10-19(27-2)13-22(20)28-3/h6-11,13,15,21H,4-5,12,14H2,1-3H3. The molecule has 152 valence electrons. The van der Waals surface area contributed by atoms with Crippen molar-refractivity contribution in [3.63, 3.8) is 0 Å². The third-order valence-electron chi connectivity index (χ3n) is 5.42. The molecule has 1 unspecified atom stereocenters. The molecule has 1 atom stereocenters. The van der Waals surface area contributed by atoms with E-state index < -0.39 is 0 Å². The summed E-state index contributed by atoms with van der Waals surface area (Å²) in [5, 5.41) is 3.13. The van der Waals surface area contributed by atoms with Gasteiger partial charge in [0.1, 0.15) is 22.3 Å². The highest BCUT2D eigenvalue weighted by molar-refractivity contribution is 7.13. The van der Waals surface area contributed by atoms with Crippen LogP contribution >= 0.6 is 11.3 Å². The van der Waals surface area contributed by atoms with E-state index in [1.54, 1.807) is 32.7 Å². The van der Waals surface area contributed by atoms with E-state index in [1.165, 1.54) is 18.4 Å². The number of aromatic nitrogens is 1. The number of ether oxygens (including phenoxy) is 3. The summed E-state index contributed by atoms with van der Waals surface area (Å²) < 4.78 is 16.1. The Morgan fingerprint density at radius 3 is 2.48 bits per heavy atom. The number of likely N-dealkylation sites (tertiary alicyclic amines) is 1. The van der Waals surface area contributed by atoms with Gasteiger partial charge in [-0.3, -0.25) is 4.90 Å². The van der Waals surface area contributed by atoms with Crippen molar-refractivity contribution in [3.8, 4) is 27.8 Å². The van der Waals surface area contributed by atoms with Gasteiger partial charge in [-0.1, -0.05) is 12.1 Å². The van der Waals surface area contributed by atoms with Crippen LogP contribution in [0.25, 0.3) is 10.6 Å². The van der Waals surface area contributed by atoms with Crippen LogP contribution in [0.2, 0.25) is 0 Å². The van der Waals surface area contributed by atoms with Crippen molar-refractivity contribution in [1.29, 1.82) is 0 Å². The van der Waals surface area contributed by atoms with Crippen LogP contribution in [0.4, 0.5) is 0 Å². The smallest absolute Gasteiger partial charge is 0.132 e. The van der Waals surface area contributed by atoms with Crippen molar-refractivity contribution in [1.82, 2.24) is 9.88 Å². The Morgan fingerprint density at radius 2 is 1.76 bits per heavy atom. The highest BCUT2D eigenvalue weighted by atomic mass is 32.1. The van der Waals surface area contributed by atoms with Gasteiger partial charge in [-0.05, 0) is 49.2 Å². The van der Waals surface area contributed by atoms with Crippen LogP contribution in [-0.4, -0.2) is 37.8 Å². The fourth-order valence-electron chi connectivity index (χ4n) is 3.91. The van der Waals surface area contributed by atoms with Gasteiger partial charge >= 0.3 is 0 Å². The fourth-order valence-corrected chi connectivity index (χ4v) is 4.75. The number of benzene rings is 2. The normalized spacial score (nSPS) is 16.7. The van der Waals surface area contributed by atoms with Crippen LogP contribution in [0.15, 0.2) is 47.8 Å². The number of methoxy groups -OCH3 is 3. The number of thiazole rings is 1. The Hall–Kier alpha value is -2.57.